The van der Waals surface area contributed by atoms with Crippen LogP contribution in [0.2, 0.25) is 0 Å². The highest BCUT2D eigenvalue weighted by Gasteiger charge is 2.08. The number of rotatable bonds is 7. The van der Waals surface area contributed by atoms with E-state index in [4.69, 9.17) is 4.74 Å². The van der Waals surface area contributed by atoms with Crippen LogP contribution < -0.4 is 10.1 Å². The number of benzene rings is 1. The number of hydrogen-bond acceptors (Lipinski definition) is 4. The Hall–Kier alpha value is -0.110. The fraction of sp³-hybridized carbons (Fsp3) is 0.500. The van der Waals surface area contributed by atoms with Crippen molar-refractivity contribution in [2.75, 3.05) is 25.2 Å². The van der Waals surface area contributed by atoms with E-state index in [1.165, 1.54) is 6.26 Å². The summed E-state index contributed by atoms with van der Waals surface area (Å²) >= 11 is 6.92. The van der Waals surface area contributed by atoms with E-state index in [2.05, 4.69) is 37.2 Å². The molecule has 1 N–H and O–H groups in total. The van der Waals surface area contributed by atoms with Crippen LogP contribution in [0.5, 0.6) is 5.75 Å². The predicted octanol–water partition coefficient (Wildman–Crippen LogP) is 2.74. The summed E-state index contributed by atoms with van der Waals surface area (Å²) in [5.41, 5.74) is 1.05. The third-order valence-electron chi connectivity index (χ3n) is 2.33. The average Bonchev–Trinajstić information content (AvgIpc) is 2.28. The molecule has 1 aromatic carbocycles. The van der Waals surface area contributed by atoms with Crippen LogP contribution in [0.3, 0.4) is 0 Å². The quantitative estimate of drug-likeness (QED) is 0.697. The lowest BCUT2D eigenvalue weighted by atomic mass is 10.2. The SMILES string of the molecule is CCOc1c(Br)cc(CNCCS(C)(=O)=O)cc1Br. The van der Waals surface area contributed by atoms with E-state index in [1.807, 2.05) is 19.1 Å². The van der Waals surface area contributed by atoms with Gasteiger partial charge in [-0.05, 0) is 56.5 Å². The monoisotopic (exact) mass is 413 g/mol. The molecule has 0 saturated carbocycles. The highest BCUT2D eigenvalue weighted by molar-refractivity contribution is 9.11. The van der Waals surface area contributed by atoms with Crippen LogP contribution in [0, 0.1) is 0 Å². The van der Waals surface area contributed by atoms with Crippen molar-refractivity contribution in [2.45, 2.75) is 13.5 Å². The Bertz CT molecular complexity index is 509. The Morgan fingerprint density at radius 3 is 2.32 bits per heavy atom. The molecule has 0 radical (unpaired) electrons. The third-order valence-corrected chi connectivity index (χ3v) is 4.45. The van der Waals surface area contributed by atoms with E-state index in [-0.39, 0.29) is 5.75 Å². The van der Waals surface area contributed by atoms with Crippen molar-refractivity contribution >= 4 is 41.7 Å². The second-order valence-electron chi connectivity index (χ2n) is 4.13. The van der Waals surface area contributed by atoms with Crippen molar-refractivity contribution in [3.05, 3.63) is 26.6 Å². The van der Waals surface area contributed by atoms with Gasteiger partial charge in [-0.2, -0.15) is 0 Å². The number of ether oxygens (including phenoxy) is 1. The molecule has 0 spiro atoms. The Labute approximate surface area is 131 Å². The van der Waals surface area contributed by atoms with Gasteiger partial charge in [0.05, 0.1) is 21.3 Å². The van der Waals surface area contributed by atoms with Crippen molar-refractivity contribution in [1.82, 2.24) is 5.32 Å². The fourth-order valence-corrected chi connectivity index (χ4v) is 3.51. The first-order chi connectivity index (χ1) is 8.83. The van der Waals surface area contributed by atoms with Crippen molar-refractivity contribution < 1.29 is 13.2 Å². The summed E-state index contributed by atoms with van der Waals surface area (Å²) in [6.07, 6.45) is 1.23. The molecule has 1 aromatic rings. The molecular weight excluding hydrogens is 398 g/mol. The second-order valence-corrected chi connectivity index (χ2v) is 8.10. The molecule has 0 aliphatic rings. The molecule has 19 heavy (non-hydrogen) atoms. The molecule has 0 atom stereocenters. The van der Waals surface area contributed by atoms with Crippen molar-refractivity contribution in [1.29, 1.82) is 0 Å². The first-order valence-corrected chi connectivity index (χ1v) is 9.47. The van der Waals surface area contributed by atoms with E-state index in [0.717, 1.165) is 20.3 Å². The Morgan fingerprint density at radius 2 is 1.84 bits per heavy atom. The fourth-order valence-electron chi connectivity index (χ4n) is 1.49. The third kappa shape index (κ3) is 6.25. The van der Waals surface area contributed by atoms with Crippen LogP contribution >= 0.6 is 31.9 Å². The summed E-state index contributed by atoms with van der Waals surface area (Å²) in [5.74, 6) is 0.925. The van der Waals surface area contributed by atoms with E-state index in [1.54, 1.807) is 0 Å². The summed E-state index contributed by atoms with van der Waals surface area (Å²) in [7, 11) is -2.91. The van der Waals surface area contributed by atoms with Crippen LogP contribution in [0.1, 0.15) is 12.5 Å². The van der Waals surface area contributed by atoms with Gasteiger partial charge in [-0.25, -0.2) is 8.42 Å². The van der Waals surface area contributed by atoms with Crippen LogP contribution in [0.4, 0.5) is 0 Å². The minimum atomic E-state index is -2.91. The van der Waals surface area contributed by atoms with Crippen molar-refractivity contribution in [2.24, 2.45) is 0 Å². The predicted molar refractivity (Wildman–Crippen MR) is 84.4 cm³/mol. The van der Waals surface area contributed by atoms with Gasteiger partial charge in [-0.1, -0.05) is 0 Å². The lowest BCUT2D eigenvalue weighted by Gasteiger charge is -2.11. The van der Waals surface area contributed by atoms with Gasteiger partial charge in [-0.15, -0.1) is 0 Å². The number of halogens is 2. The topological polar surface area (TPSA) is 55.4 Å². The Kier molecular flexibility index (Phi) is 6.79. The molecule has 0 aromatic heterocycles. The zero-order valence-electron chi connectivity index (χ0n) is 10.9. The summed E-state index contributed by atoms with van der Waals surface area (Å²) in [6, 6.07) is 3.92. The zero-order valence-corrected chi connectivity index (χ0v) is 14.9. The first kappa shape index (κ1) is 16.9. The normalized spacial score (nSPS) is 11.6. The molecule has 7 heteroatoms. The highest BCUT2D eigenvalue weighted by Crippen LogP contribution is 2.34. The largest absolute Gasteiger partial charge is 0.492 e. The molecule has 4 nitrogen and oxygen atoms in total. The van der Waals surface area contributed by atoms with Crippen LogP contribution in [0.25, 0.3) is 0 Å². The molecule has 0 aliphatic heterocycles. The van der Waals surface area contributed by atoms with E-state index >= 15 is 0 Å². The highest BCUT2D eigenvalue weighted by atomic mass is 79.9. The Balaban J connectivity index is 2.61. The molecule has 0 amide bonds. The lowest BCUT2D eigenvalue weighted by molar-refractivity contribution is 0.336. The number of sulfone groups is 1. The maximum Gasteiger partial charge on any atom is 0.148 e. The van der Waals surface area contributed by atoms with Crippen molar-refractivity contribution in [3.63, 3.8) is 0 Å². The minimum Gasteiger partial charge on any atom is -0.492 e. The second kappa shape index (κ2) is 7.61. The number of hydrogen-bond donors (Lipinski definition) is 1. The number of nitrogens with one attached hydrogen (secondary N) is 1. The first-order valence-electron chi connectivity index (χ1n) is 5.82. The van der Waals surface area contributed by atoms with Gasteiger partial charge in [0.1, 0.15) is 15.6 Å². The summed E-state index contributed by atoms with van der Waals surface area (Å²) in [5, 5.41) is 3.10. The molecule has 0 aliphatic carbocycles. The van der Waals surface area contributed by atoms with Crippen LogP contribution in [0.15, 0.2) is 21.1 Å². The van der Waals surface area contributed by atoms with Gasteiger partial charge in [0.15, 0.2) is 0 Å². The van der Waals surface area contributed by atoms with E-state index in [9.17, 15) is 8.42 Å². The Morgan fingerprint density at radius 1 is 1.26 bits per heavy atom. The molecular formula is C12H17Br2NO3S. The van der Waals surface area contributed by atoms with Gasteiger partial charge in [-0.3, -0.25) is 0 Å². The van der Waals surface area contributed by atoms with Gasteiger partial charge in [0.2, 0.25) is 0 Å². The van der Waals surface area contributed by atoms with Crippen LogP contribution in [-0.2, 0) is 16.4 Å². The molecule has 0 unspecified atom stereocenters. The lowest BCUT2D eigenvalue weighted by Crippen LogP contribution is -2.21. The summed E-state index contributed by atoms with van der Waals surface area (Å²) in [6.45, 7) is 3.59. The van der Waals surface area contributed by atoms with Gasteiger partial charge >= 0.3 is 0 Å². The molecule has 1 rings (SSSR count). The summed E-state index contributed by atoms with van der Waals surface area (Å²) in [4.78, 5) is 0. The molecule has 0 heterocycles. The minimum absolute atomic E-state index is 0.145. The van der Waals surface area contributed by atoms with Gasteiger partial charge < -0.3 is 10.1 Å². The zero-order chi connectivity index (χ0) is 14.5. The standard InChI is InChI=1S/C12H17Br2NO3S/c1-3-18-12-10(13)6-9(7-11(12)14)8-15-4-5-19(2,16)17/h6-7,15H,3-5,8H2,1-2H3. The average molecular weight is 415 g/mol. The molecule has 108 valence electrons. The molecule has 0 fully saturated rings. The molecule has 0 saturated heterocycles. The van der Waals surface area contributed by atoms with E-state index < -0.39 is 9.84 Å². The van der Waals surface area contributed by atoms with E-state index in [0.29, 0.717) is 19.7 Å². The smallest absolute Gasteiger partial charge is 0.148 e. The van der Waals surface area contributed by atoms with Gasteiger partial charge in [0, 0.05) is 19.3 Å². The molecule has 0 bridgehead atoms. The maximum atomic E-state index is 11.0. The summed E-state index contributed by atoms with van der Waals surface area (Å²) < 4.78 is 29.2. The van der Waals surface area contributed by atoms with Gasteiger partial charge in [0.25, 0.3) is 0 Å². The van der Waals surface area contributed by atoms with Crippen molar-refractivity contribution in [3.8, 4) is 5.75 Å². The maximum absolute atomic E-state index is 11.0. The van der Waals surface area contributed by atoms with Crippen LogP contribution in [-0.4, -0.2) is 33.6 Å².